The lowest BCUT2D eigenvalue weighted by molar-refractivity contribution is 0.0697. The van der Waals surface area contributed by atoms with Crippen molar-refractivity contribution in [3.63, 3.8) is 0 Å². The molecule has 170 valence electrons. The van der Waals surface area contributed by atoms with Gasteiger partial charge in [0.05, 0.1) is 17.8 Å². The summed E-state index contributed by atoms with van der Waals surface area (Å²) in [7, 11) is 0. The topological polar surface area (TPSA) is 64.2 Å². The molecule has 0 bridgehead atoms. The van der Waals surface area contributed by atoms with Crippen LogP contribution in [0.4, 0.5) is 4.39 Å². The normalized spacial score (nSPS) is 11.3. The van der Waals surface area contributed by atoms with Crippen molar-refractivity contribution in [2.75, 3.05) is 0 Å². The Morgan fingerprint density at radius 1 is 1.03 bits per heavy atom. The minimum Gasteiger partial charge on any atom is -0.478 e. The van der Waals surface area contributed by atoms with E-state index in [0.717, 1.165) is 29.7 Å². The highest BCUT2D eigenvalue weighted by Crippen LogP contribution is 2.25. The smallest absolute Gasteiger partial charge is 0.336 e. The number of carboxylic acids is 1. The molecule has 0 radical (unpaired) electrons. The first-order chi connectivity index (χ1) is 15.4. The molecule has 0 aliphatic rings. The number of hydrogen-bond acceptors (Lipinski definition) is 2. The summed E-state index contributed by atoms with van der Waals surface area (Å²) in [6, 6.07) is 14.4. The summed E-state index contributed by atoms with van der Waals surface area (Å²) < 4.78 is 17.2. The molecular formula is C26H31FN2O3. The van der Waals surface area contributed by atoms with Crippen molar-refractivity contribution < 1.29 is 14.3 Å². The molecule has 0 aliphatic heterocycles. The molecule has 0 aliphatic carbocycles. The first-order valence-electron chi connectivity index (χ1n) is 11.2. The zero-order chi connectivity index (χ0) is 23.3. The molecule has 0 amide bonds. The standard InChI is InChI=1S/C26H31FN2O3/c1-4-15-28-24(16-27)23(14-9-18(2)3)29(26(28)32)17-19-10-12-20(13-11-19)21-7-5-6-8-22(21)25(30)31/h5-8,10-13,18H,4,9,14-17H2,1-3H3,(H,30,31). The van der Waals surface area contributed by atoms with E-state index in [9.17, 15) is 19.1 Å². The van der Waals surface area contributed by atoms with Gasteiger partial charge in [-0.3, -0.25) is 9.13 Å². The molecule has 1 aromatic heterocycles. The van der Waals surface area contributed by atoms with Crippen LogP contribution in [-0.2, 0) is 26.2 Å². The molecule has 0 saturated carbocycles. The van der Waals surface area contributed by atoms with Crippen molar-refractivity contribution in [1.29, 1.82) is 0 Å². The average molecular weight is 439 g/mol. The lowest BCUT2D eigenvalue weighted by Crippen LogP contribution is -2.26. The zero-order valence-corrected chi connectivity index (χ0v) is 19.0. The van der Waals surface area contributed by atoms with E-state index in [4.69, 9.17) is 0 Å². The molecule has 3 aromatic rings. The van der Waals surface area contributed by atoms with Gasteiger partial charge >= 0.3 is 11.7 Å². The molecule has 0 unspecified atom stereocenters. The Hall–Kier alpha value is -3.15. The number of imidazole rings is 1. The molecule has 0 fully saturated rings. The quantitative estimate of drug-likeness (QED) is 0.453. The maximum atomic E-state index is 13.9. The van der Waals surface area contributed by atoms with Crippen molar-refractivity contribution in [3.8, 4) is 11.1 Å². The van der Waals surface area contributed by atoms with E-state index in [1.807, 2.05) is 37.3 Å². The van der Waals surface area contributed by atoms with Gasteiger partial charge in [0.1, 0.15) is 6.67 Å². The molecule has 5 nitrogen and oxygen atoms in total. The van der Waals surface area contributed by atoms with Gasteiger partial charge in [-0.25, -0.2) is 14.0 Å². The van der Waals surface area contributed by atoms with Crippen LogP contribution in [-0.4, -0.2) is 20.2 Å². The van der Waals surface area contributed by atoms with Crippen LogP contribution in [0.5, 0.6) is 0 Å². The minimum absolute atomic E-state index is 0.168. The Bertz CT molecular complexity index is 1130. The molecule has 1 N–H and O–H groups in total. The highest BCUT2D eigenvalue weighted by molar-refractivity contribution is 5.95. The Morgan fingerprint density at radius 2 is 1.72 bits per heavy atom. The molecule has 0 atom stereocenters. The second-order valence-corrected chi connectivity index (χ2v) is 8.53. The summed E-state index contributed by atoms with van der Waals surface area (Å²) in [5, 5.41) is 9.45. The van der Waals surface area contributed by atoms with Crippen LogP contribution in [0.2, 0.25) is 0 Å². The van der Waals surface area contributed by atoms with Gasteiger partial charge < -0.3 is 5.11 Å². The summed E-state index contributed by atoms with van der Waals surface area (Å²) in [6.45, 7) is 6.43. The molecule has 6 heteroatoms. The third-order valence-corrected chi connectivity index (χ3v) is 5.74. The van der Waals surface area contributed by atoms with Gasteiger partial charge in [-0.2, -0.15) is 0 Å². The SMILES string of the molecule is CCCn1c(CF)c(CCC(C)C)n(Cc2ccc(-c3ccccc3C(=O)O)cc2)c1=O. The van der Waals surface area contributed by atoms with Gasteiger partial charge in [-0.05, 0) is 47.9 Å². The fourth-order valence-corrected chi connectivity index (χ4v) is 4.05. The number of nitrogens with zero attached hydrogens (tertiary/aromatic N) is 2. The maximum absolute atomic E-state index is 13.9. The van der Waals surface area contributed by atoms with Crippen molar-refractivity contribution in [3.05, 3.63) is 81.5 Å². The highest BCUT2D eigenvalue weighted by Gasteiger charge is 2.20. The van der Waals surface area contributed by atoms with Crippen LogP contribution in [0, 0.1) is 5.92 Å². The van der Waals surface area contributed by atoms with E-state index in [1.54, 1.807) is 27.3 Å². The lowest BCUT2D eigenvalue weighted by atomic mass is 9.98. The van der Waals surface area contributed by atoms with E-state index >= 15 is 0 Å². The lowest BCUT2D eigenvalue weighted by Gasteiger charge is -2.11. The predicted molar refractivity (Wildman–Crippen MR) is 125 cm³/mol. The molecule has 3 rings (SSSR count). The third kappa shape index (κ3) is 5.01. The van der Waals surface area contributed by atoms with Crippen molar-refractivity contribution in [2.45, 2.75) is 59.8 Å². The van der Waals surface area contributed by atoms with Crippen molar-refractivity contribution in [1.82, 2.24) is 9.13 Å². The molecule has 0 spiro atoms. The van der Waals surface area contributed by atoms with Gasteiger partial charge in [0.25, 0.3) is 0 Å². The van der Waals surface area contributed by atoms with Gasteiger partial charge in [0.15, 0.2) is 0 Å². The number of benzene rings is 2. The second-order valence-electron chi connectivity index (χ2n) is 8.53. The van der Waals surface area contributed by atoms with Crippen LogP contribution >= 0.6 is 0 Å². The van der Waals surface area contributed by atoms with Crippen LogP contribution < -0.4 is 5.69 Å². The number of carbonyl (C=O) groups is 1. The van der Waals surface area contributed by atoms with Crippen LogP contribution in [0.1, 0.15) is 60.9 Å². The summed E-state index contributed by atoms with van der Waals surface area (Å²) in [4.78, 5) is 24.6. The highest BCUT2D eigenvalue weighted by atomic mass is 19.1. The summed E-state index contributed by atoms with van der Waals surface area (Å²) in [5.41, 5.74) is 3.70. The first-order valence-corrected chi connectivity index (χ1v) is 11.2. The monoisotopic (exact) mass is 438 g/mol. The van der Waals surface area contributed by atoms with E-state index in [0.29, 0.717) is 36.7 Å². The zero-order valence-electron chi connectivity index (χ0n) is 19.0. The number of halogens is 1. The first kappa shape index (κ1) is 23.5. The molecular weight excluding hydrogens is 407 g/mol. The second kappa shape index (κ2) is 10.4. The van der Waals surface area contributed by atoms with Gasteiger partial charge in [-0.1, -0.05) is 63.2 Å². The summed E-state index contributed by atoms with van der Waals surface area (Å²) >= 11 is 0. The minimum atomic E-state index is -0.970. The maximum Gasteiger partial charge on any atom is 0.336 e. The molecule has 2 aromatic carbocycles. The fourth-order valence-electron chi connectivity index (χ4n) is 4.05. The number of hydrogen-bond donors (Lipinski definition) is 1. The van der Waals surface area contributed by atoms with Crippen LogP contribution in [0.3, 0.4) is 0 Å². The van der Waals surface area contributed by atoms with Gasteiger partial charge in [0.2, 0.25) is 0 Å². The third-order valence-electron chi connectivity index (χ3n) is 5.74. The van der Waals surface area contributed by atoms with E-state index in [-0.39, 0.29) is 11.3 Å². The van der Waals surface area contributed by atoms with Gasteiger partial charge in [-0.15, -0.1) is 0 Å². The average Bonchev–Trinajstić information content (AvgIpc) is 3.03. The summed E-state index contributed by atoms with van der Waals surface area (Å²) in [6.07, 6.45) is 2.30. The molecule has 32 heavy (non-hydrogen) atoms. The Kier molecular flexibility index (Phi) is 7.67. The van der Waals surface area contributed by atoms with Gasteiger partial charge in [0, 0.05) is 12.2 Å². The van der Waals surface area contributed by atoms with E-state index in [1.165, 1.54) is 0 Å². The number of aromatic carboxylic acids is 1. The number of alkyl halides is 1. The van der Waals surface area contributed by atoms with Crippen molar-refractivity contribution >= 4 is 5.97 Å². The summed E-state index contributed by atoms with van der Waals surface area (Å²) in [5.74, 6) is -0.517. The molecule has 1 heterocycles. The fraction of sp³-hybridized carbons (Fsp3) is 0.385. The molecule has 0 saturated heterocycles. The van der Waals surface area contributed by atoms with E-state index < -0.39 is 12.6 Å². The van der Waals surface area contributed by atoms with Crippen LogP contribution in [0.25, 0.3) is 11.1 Å². The predicted octanol–water partition coefficient (Wildman–Crippen LogP) is 5.53. The Labute approximate surface area is 188 Å². The number of aromatic nitrogens is 2. The number of carboxylic acid groups (broad SMARTS) is 1. The van der Waals surface area contributed by atoms with Crippen LogP contribution in [0.15, 0.2) is 53.3 Å². The number of rotatable bonds is 10. The Balaban J connectivity index is 1.96. The van der Waals surface area contributed by atoms with Crippen molar-refractivity contribution in [2.24, 2.45) is 5.92 Å². The Morgan fingerprint density at radius 3 is 2.31 bits per heavy atom. The largest absolute Gasteiger partial charge is 0.478 e. The van der Waals surface area contributed by atoms with E-state index in [2.05, 4.69) is 13.8 Å².